The van der Waals surface area contributed by atoms with E-state index in [9.17, 15) is 9.18 Å². The molecule has 88 valence electrons. The van der Waals surface area contributed by atoms with E-state index in [1.165, 1.54) is 17.0 Å². The fourth-order valence-corrected chi connectivity index (χ4v) is 1.51. The molecule has 4 heteroatoms. The number of nitrogens with zero attached hydrogens (tertiary/aromatic N) is 1. The first-order valence-electron chi connectivity index (χ1n) is 5.19. The van der Waals surface area contributed by atoms with Crippen LogP contribution in [0.2, 0.25) is 0 Å². The largest absolute Gasteiger partial charge is 0.340 e. The van der Waals surface area contributed by atoms with Crippen molar-refractivity contribution in [1.29, 1.82) is 0 Å². The first-order chi connectivity index (χ1) is 7.41. The number of carbonyl (C=O) groups is 1. The first-order valence-corrected chi connectivity index (χ1v) is 5.19. The Balaban J connectivity index is 2.88. The molecule has 0 radical (unpaired) electrons. The van der Waals surface area contributed by atoms with Gasteiger partial charge in [0, 0.05) is 19.6 Å². The maximum absolute atomic E-state index is 13.5. The number of nitrogens with two attached hydrogens (primary N) is 1. The van der Waals surface area contributed by atoms with Gasteiger partial charge in [-0.3, -0.25) is 4.79 Å². The second kappa shape index (κ2) is 5.07. The highest BCUT2D eigenvalue weighted by Gasteiger charge is 2.16. The van der Waals surface area contributed by atoms with E-state index in [0.717, 1.165) is 5.56 Å². The van der Waals surface area contributed by atoms with Gasteiger partial charge >= 0.3 is 0 Å². The summed E-state index contributed by atoms with van der Waals surface area (Å²) in [5.74, 6) is -0.823. The number of benzene rings is 1. The Labute approximate surface area is 95.0 Å². The fourth-order valence-electron chi connectivity index (χ4n) is 1.51. The van der Waals surface area contributed by atoms with Crippen molar-refractivity contribution in [2.24, 2.45) is 5.73 Å². The van der Waals surface area contributed by atoms with Crippen molar-refractivity contribution in [2.45, 2.75) is 19.9 Å². The molecule has 3 nitrogen and oxygen atoms in total. The third kappa shape index (κ3) is 3.03. The highest BCUT2D eigenvalue weighted by molar-refractivity contribution is 5.94. The van der Waals surface area contributed by atoms with Crippen molar-refractivity contribution >= 4 is 5.91 Å². The van der Waals surface area contributed by atoms with Gasteiger partial charge in [-0.05, 0) is 31.5 Å². The molecule has 0 spiro atoms. The summed E-state index contributed by atoms with van der Waals surface area (Å²) in [6, 6.07) is 4.45. The minimum Gasteiger partial charge on any atom is -0.340 e. The molecule has 0 aliphatic rings. The van der Waals surface area contributed by atoms with E-state index in [-0.39, 0.29) is 17.5 Å². The van der Waals surface area contributed by atoms with Crippen molar-refractivity contribution in [2.75, 3.05) is 13.6 Å². The number of rotatable bonds is 3. The number of hydrogen-bond donors (Lipinski definition) is 1. The van der Waals surface area contributed by atoms with Gasteiger partial charge in [0.25, 0.3) is 5.91 Å². The zero-order valence-corrected chi connectivity index (χ0v) is 9.83. The molecule has 1 atom stereocenters. The van der Waals surface area contributed by atoms with Crippen LogP contribution < -0.4 is 5.73 Å². The van der Waals surface area contributed by atoms with Gasteiger partial charge in [-0.1, -0.05) is 6.07 Å². The standard InChI is InChI=1S/C12H17FN2O/c1-8-4-5-10(11(13)6-8)12(16)15(3)7-9(2)14/h4-6,9H,7,14H2,1-3H3. The Morgan fingerprint density at radius 1 is 1.56 bits per heavy atom. The van der Waals surface area contributed by atoms with E-state index < -0.39 is 5.82 Å². The second-order valence-corrected chi connectivity index (χ2v) is 4.15. The molecular weight excluding hydrogens is 207 g/mol. The summed E-state index contributed by atoms with van der Waals surface area (Å²) >= 11 is 0. The van der Waals surface area contributed by atoms with Gasteiger partial charge in [0.2, 0.25) is 0 Å². The van der Waals surface area contributed by atoms with Crippen LogP contribution in [-0.2, 0) is 0 Å². The summed E-state index contributed by atoms with van der Waals surface area (Å²) in [7, 11) is 1.62. The second-order valence-electron chi connectivity index (χ2n) is 4.15. The Kier molecular flexibility index (Phi) is 4.01. The van der Waals surface area contributed by atoms with E-state index >= 15 is 0 Å². The van der Waals surface area contributed by atoms with E-state index in [4.69, 9.17) is 5.73 Å². The number of amides is 1. The molecule has 1 aromatic carbocycles. The molecule has 1 rings (SSSR count). The zero-order valence-electron chi connectivity index (χ0n) is 9.83. The van der Waals surface area contributed by atoms with Crippen LogP contribution in [0.15, 0.2) is 18.2 Å². The van der Waals surface area contributed by atoms with Gasteiger partial charge in [0.1, 0.15) is 5.82 Å². The van der Waals surface area contributed by atoms with Crippen molar-refractivity contribution in [3.63, 3.8) is 0 Å². The number of halogens is 1. The zero-order chi connectivity index (χ0) is 12.3. The Morgan fingerprint density at radius 2 is 2.19 bits per heavy atom. The van der Waals surface area contributed by atoms with E-state index in [2.05, 4.69) is 0 Å². The number of likely N-dealkylation sites (N-methyl/N-ethyl adjacent to an activating group) is 1. The predicted molar refractivity (Wildman–Crippen MR) is 61.7 cm³/mol. The van der Waals surface area contributed by atoms with Crippen LogP contribution in [-0.4, -0.2) is 30.4 Å². The molecule has 0 fully saturated rings. The van der Waals surface area contributed by atoms with Crippen LogP contribution in [0, 0.1) is 12.7 Å². The third-order valence-corrected chi connectivity index (χ3v) is 2.26. The predicted octanol–water partition coefficient (Wildman–Crippen LogP) is 1.55. The normalized spacial score (nSPS) is 12.3. The Bertz CT molecular complexity index is 391. The van der Waals surface area contributed by atoms with Gasteiger partial charge < -0.3 is 10.6 Å². The minimum atomic E-state index is -0.485. The summed E-state index contributed by atoms with van der Waals surface area (Å²) in [5.41, 5.74) is 6.47. The van der Waals surface area contributed by atoms with Gasteiger partial charge in [0.15, 0.2) is 0 Å². The molecule has 0 aliphatic heterocycles. The van der Waals surface area contributed by atoms with Crippen LogP contribution in [0.25, 0.3) is 0 Å². The average Bonchev–Trinajstić information content (AvgIpc) is 2.15. The summed E-state index contributed by atoms with van der Waals surface area (Å²) in [5, 5.41) is 0. The molecule has 1 unspecified atom stereocenters. The molecule has 1 aromatic rings. The summed E-state index contributed by atoms with van der Waals surface area (Å²) in [6.45, 7) is 3.99. The fraction of sp³-hybridized carbons (Fsp3) is 0.417. The van der Waals surface area contributed by atoms with Crippen LogP contribution in [0.3, 0.4) is 0 Å². The topological polar surface area (TPSA) is 46.3 Å². The van der Waals surface area contributed by atoms with Crippen molar-refractivity contribution in [3.05, 3.63) is 35.1 Å². The lowest BCUT2D eigenvalue weighted by atomic mass is 10.1. The maximum Gasteiger partial charge on any atom is 0.256 e. The van der Waals surface area contributed by atoms with Crippen molar-refractivity contribution in [3.8, 4) is 0 Å². The lowest BCUT2D eigenvalue weighted by molar-refractivity contribution is 0.0784. The third-order valence-electron chi connectivity index (χ3n) is 2.26. The Hall–Kier alpha value is -1.42. The SMILES string of the molecule is Cc1ccc(C(=O)N(C)CC(C)N)c(F)c1. The number of carbonyl (C=O) groups excluding carboxylic acids is 1. The highest BCUT2D eigenvalue weighted by Crippen LogP contribution is 2.12. The van der Waals surface area contributed by atoms with Crippen LogP contribution >= 0.6 is 0 Å². The summed E-state index contributed by atoms with van der Waals surface area (Å²) in [4.78, 5) is 13.3. The van der Waals surface area contributed by atoms with Gasteiger partial charge in [-0.2, -0.15) is 0 Å². The van der Waals surface area contributed by atoms with Crippen molar-refractivity contribution < 1.29 is 9.18 Å². The summed E-state index contributed by atoms with van der Waals surface area (Å²) in [6.07, 6.45) is 0. The van der Waals surface area contributed by atoms with Gasteiger partial charge in [-0.15, -0.1) is 0 Å². The summed E-state index contributed by atoms with van der Waals surface area (Å²) < 4.78 is 13.5. The smallest absolute Gasteiger partial charge is 0.256 e. The molecule has 0 aromatic heterocycles. The molecule has 0 heterocycles. The lowest BCUT2D eigenvalue weighted by Crippen LogP contribution is -2.37. The van der Waals surface area contributed by atoms with Gasteiger partial charge in [0.05, 0.1) is 5.56 Å². The van der Waals surface area contributed by atoms with Gasteiger partial charge in [-0.25, -0.2) is 4.39 Å². The molecule has 0 bridgehead atoms. The van der Waals surface area contributed by atoms with Crippen LogP contribution in [0.1, 0.15) is 22.8 Å². The first kappa shape index (κ1) is 12.6. The molecule has 0 aliphatic carbocycles. The molecule has 1 amide bonds. The molecule has 2 N–H and O–H groups in total. The monoisotopic (exact) mass is 224 g/mol. The van der Waals surface area contributed by atoms with E-state index in [1.54, 1.807) is 27.0 Å². The Morgan fingerprint density at radius 3 is 2.69 bits per heavy atom. The maximum atomic E-state index is 13.5. The van der Waals surface area contributed by atoms with E-state index in [1.807, 2.05) is 0 Å². The van der Waals surface area contributed by atoms with Crippen LogP contribution in [0.5, 0.6) is 0 Å². The molecule has 0 saturated carbocycles. The highest BCUT2D eigenvalue weighted by atomic mass is 19.1. The van der Waals surface area contributed by atoms with Crippen LogP contribution in [0.4, 0.5) is 4.39 Å². The molecule has 0 saturated heterocycles. The van der Waals surface area contributed by atoms with E-state index in [0.29, 0.717) is 6.54 Å². The lowest BCUT2D eigenvalue weighted by Gasteiger charge is -2.19. The van der Waals surface area contributed by atoms with Crippen molar-refractivity contribution in [1.82, 2.24) is 4.90 Å². The number of aryl methyl sites for hydroxylation is 1. The molecule has 16 heavy (non-hydrogen) atoms. The quantitative estimate of drug-likeness (QED) is 0.846. The minimum absolute atomic E-state index is 0.0914. The average molecular weight is 224 g/mol. The molecular formula is C12H17FN2O. The number of hydrogen-bond acceptors (Lipinski definition) is 2.